The molecule has 0 bridgehead atoms. The minimum Gasteiger partial charge on any atom is -0.489 e. The van der Waals surface area contributed by atoms with Crippen molar-refractivity contribution < 1.29 is 4.74 Å². The zero-order chi connectivity index (χ0) is 26.2. The molecule has 1 aliphatic heterocycles. The van der Waals surface area contributed by atoms with Crippen molar-refractivity contribution in [3.63, 3.8) is 0 Å². The summed E-state index contributed by atoms with van der Waals surface area (Å²) in [5, 5.41) is 0. The number of aromatic nitrogens is 1. The monoisotopic (exact) mass is 526 g/mol. The van der Waals surface area contributed by atoms with Gasteiger partial charge in [-0.15, -0.1) is 0 Å². The van der Waals surface area contributed by atoms with Crippen LogP contribution in [0.2, 0.25) is 0 Å². The number of rotatable bonds is 5. The largest absolute Gasteiger partial charge is 0.489 e. The molecule has 1 aromatic heterocycles. The first kappa shape index (κ1) is 23.6. The molecular weight excluding hydrogens is 500 g/mol. The van der Waals surface area contributed by atoms with Crippen LogP contribution in [-0.4, -0.2) is 4.57 Å². The van der Waals surface area contributed by atoms with E-state index in [0.29, 0.717) is 11.1 Å². The van der Waals surface area contributed by atoms with Gasteiger partial charge in [0.1, 0.15) is 12.4 Å². The molecule has 2 heterocycles. The van der Waals surface area contributed by atoms with Gasteiger partial charge in [0, 0.05) is 5.56 Å². The fraction of sp³-hybridized carbons (Fsp3) is 0.118. The number of hydrogen-bond donors (Lipinski definition) is 0. The number of benzene rings is 4. The number of thiazole rings is 1. The maximum absolute atomic E-state index is 13.9. The molecule has 0 fully saturated rings. The van der Waals surface area contributed by atoms with Crippen molar-refractivity contribution >= 4 is 23.1 Å². The average molecular weight is 527 g/mol. The normalized spacial score (nSPS) is 16.2. The second kappa shape index (κ2) is 10.0. The zero-order valence-corrected chi connectivity index (χ0v) is 22.1. The van der Waals surface area contributed by atoms with Crippen molar-refractivity contribution in [2.24, 2.45) is 4.99 Å². The maximum Gasteiger partial charge on any atom is 0.271 e. The Bertz CT molecular complexity index is 1890. The van der Waals surface area contributed by atoms with Crippen LogP contribution in [0.15, 0.2) is 125 Å². The third kappa shape index (κ3) is 4.45. The van der Waals surface area contributed by atoms with E-state index in [2.05, 4.69) is 36.4 Å². The quantitative estimate of drug-likeness (QED) is 0.286. The summed E-state index contributed by atoms with van der Waals surface area (Å²) in [7, 11) is 0. The van der Waals surface area contributed by atoms with Crippen molar-refractivity contribution in [3.8, 4) is 5.75 Å². The molecule has 190 valence electrons. The number of hydrogen-bond acceptors (Lipinski definition) is 4. The Labute approximate surface area is 230 Å². The van der Waals surface area contributed by atoms with Crippen LogP contribution in [0.4, 0.5) is 0 Å². The summed E-state index contributed by atoms with van der Waals surface area (Å²) < 4.78 is 8.60. The second-order valence-electron chi connectivity index (χ2n) is 9.87. The van der Waals surface area contributed by atoms with Gasteiger partial charge in [-0.2, -0.15) is 0 Å². The SMILES string of the molecule is O=c1/c(=C\c2cccc(OCc3ccccc3)c2)sc2n1[C@@H](c1ccccc1)C1=C(N=2)c2ccccc2CC1. The van der Waals surface area contributed by atoms with Crippen LogP contribution in [0.5, 0.6) is 5.75 Å². The van der Waals surface area contributed by atoms with Crippen LogP contribution in [0, 0.1) is 0 Å². The van der Waals surface area contributed by atoms with Crippen LogP contribution >= 0.6 is 11.3 Å². The molecule has 0 N–H and O–H groups in total. The van der Waals surface area contributed by atoms with Gasteiger partial charge in [-0.1, -0.05) is 108 Å². The molecule has 39 heavy (non-hydrogen) atoms. The Balaban J connectivity index is 1.32. The summed E-state index contributed by atoms with van der Waals surface area (Å²) in [6.07, 6.45) is 3.80. The minimum atomic E-state index is -0.159. The van der Waals surface area contributed by atoms with Crippen molar-refractivity contribution in [1.29, 1.82) is 0 Å². The van der Waals surface area contributed by atoms with Gasteiger partial charge in [0.05, 0.1) is 16.3 Å². The molecule has 7 rings (SSSR count). The highest BCUT2D eigenvalue weighted by Gasteiger charge is 2.32. The highest BCUT2D eigenvalue weighted by atomic mass is 32.1. The van der Waals surface area contributed by atoms with Crippen molar-refractivity contribution in [1.82, 2.24) is 4.57 Å². The third-order valence-corrected chi connectivity index (χ3v) is 8.38. The number of allylic oxidation sites excluding steroid dienone is 1. The smallest absolute Gasteiger partial charge is 0.271 e. The Morgan fingerprint density at radius 3 is 2.49 bits per heavy atom. The fourth-order valence-corrected chi connectivity index (χ4v) is 6.55. The molecule has 1 aliphatic carbocycles. The summed E-state index contributed by atoms with van der Waals surface area (Å²) in [5.41, 5.74) is 7.89. The van der Waals surface area contributed by atoms with E-state index in [4.69, 9.17) is 9.73 Å². The van der Waals surface area contributed by atoms with Crippen LogP contribution in [0.1, 0.15) is 40.3 Å². The molecule has 0 saturated heterocycles. The van der Waals surface area contributed by atoms with E-state index in [1.54, 1.807) is 0 Å². The number of fused-ring (bicyclic) bond motifs is 3. The molecule has 0 unspecified atom stereocenters. The van der Waals surface area contributed by atoms with E-state index in [9.17, 15) is 4.79 Å². The third-order valence-electron chi connectivity index (χ3n) is 7.39. The first-order chi connectivity index (χ1) is 19.2. The van der Waals surface area contributed by atoms with Crippen molar-refractivity contribution in [2.45, 2.75) is 25.5 Å². The molecule has 5 aromatic rings. The van der Waals surface area contributed by atoms with Crippen molar-refractivity contribution in [2.75, 3.05) is 0 Å². The zero-order valence-electron chi connectivity index (χ0n) is 21.3. The predicted molar refractivity (Wildman–Crippen MR) is 156 cm³/mol. The standard InChI is InChI=1S/C34H26N2O2S/c37-33-30(21-24-12-9-16-27(20-24)38-22-23-10-3-1-4-11-23)39-34-35-31-28-17-8-7-13-25(28)18-19-29(31)32(36(33)34)26-14-5-2-6-15-26/h1-17,20-21,32H,18-19,22H2/b30-21+/t32-/m0/s1. The van der Waals surface area contributed by atoms with Crippen LogP contribution in [-0.2, 0) is 13.0 Å². The van der Waals surface area contributed by atoms with E-state index in [1.807, 2.05) is 83.4 Å². The lowest BCUT2D eigenvalue weighted by molar-refractivity contribution is 0.306. The summed E-state index contributed by atoms with van der Waals surface area (Å²) in [6.45, 7) is 0.497. The summed E-state index contributed by atoms with van der Waals surface area (Å²) in [6, 6.07) is 36.7. The highest BCUT2D eigenvalue weighted by molar-refractivity contribution is 7.07. The molecule has 5 heteroatoms. The minimum absolute atomic E-state index is 0.00591. The molecule has 0 radical (unpaired) electrons. The molecule has 0 amide bonds. The molecule has 4 aromatic carbocycles. The van der Waals surface area contributed by atoms with Gasteiger partial charge in [-0.3, -0.25) is 9.36 Å². The van der Waals surface area contributed by atoms with Gasteiger partial charge >= 0.3 is 0 Å². The lowest BCUT2D eigenvalue weighted by atomic mass is 9.83. The first-order valence-corrected chi connectivity index (χ1v) is 14.0. The van der Waals surface area contributed by atoms with Crippen LogP contribution < -0.4 is 19.6 Å². The Kier molecular flexibility index (Phi) is 6.06. The summed E-state index contributed by atoms with van der Waals surface area (Å²) >= 11 is 1.45. The van der Waals surface area contributed by atoms with Gasteiger partial charge in [0.25, 0.3) is 5.56 Å². The van der Waals surface area contributed by atoms with Gasteiger partial charge in [-0.25, -0.2) is 4.99 Å². The van der Waals surface area contributed by atoms with Crippen LogP contribution in [0.25, 0.3) is 11.8 Å². The van der Waals surface area contributed by atoms with Crippen LogP contribution in [0.3, 0.4) is 0 Å². The summed E-state index contributed by atoms with van der Waals surface area (Å²) in [4.78, 5) is 19.8. The number of ether oxygens (including phenoxy) is 1. The lowest BCUT2D eigenvalue weighted by Gasteiger charge is -2.30. The predicted octanol–water partition coefficient (Wildman–Crippen LogP) is 5.90. The van der Waals surface area contributed by atoms with Gasteiger partial charge in [0.15, 0.2) is 4.80 Å². The second-order valence-corrected chi connectivity index (χ2v) is 10.9. The molecule has 4 nitrogen and oxygen atoms in total. The molecule has 0 spiro atoms. The average Bonchev–Trinajstić information content (AvgIpc) is 3.30. The van der Waals surface area contributed by atoms with E-state index >= 15 is 0 Å². The van der Waals surface area contributed by atoms with Gasteiger partial charge in [0.2, 0.25) is 0 Å². The fourth-order valence-electron chi connectivity index (χ4n) is 5.54. The molecule has 1 atom stereocenters. The van der Waals surface area contributed by atoms with E-state index in [0.717, 1.165) is 45.8 Å². The Morgan fingerprint density at radius 2 is 1.64 bits per heavy atom. The van der Waals surface area contributed by atoms with E-state index in [1.165, 1.54) is 28.0 Å². The topological polar surface area (TPSA) is 43.6 Å². The Hall–Kier alpha value is -4.48. The van der Waals surface area contributed by atoms with Gasteiger partial charge in [-0.05, 0) is 58.9 Å². The molecular formula is C34H26N2O2S. The van der Waals surface area contributed by atoms with E-state index in [-0.39, 0.29) is 11.6 Å². The first-order valence-electron chi connectivity index (χ1n) is 13.2. The van der Waals surface area contributed by atoms with Gasteiger partial charge < -0.3 is 4.74 Å². The summed E-state index contributed by atoms with van der Waals surface area (Å²) in [5.74, 6) is 0.773. The maximum atomic E-state index is 13.9. The number of aryl methyl sites for hydroxylation is 1. The molecule has 0 saturated carbocycles. The highest BCUT2D eigenvalue weighted by Crippen LogP contribution is 2.41. The van der Waals surface area contributed by atoms with Crippen molar-refractivity contribution in [3.05, 3.63) is 162 Å². The molecule has 2 aliphatic rings. The lowest BCUT2D eigenvalue weighted by Crippen LogP contribution is -2.38. The van der Waals surface area contributed by atoms with E-state index < -0.39 is 0 Å². The Morgan fingerprint density at radius 1 is 0.872 bits per heavy atom. The number of nitrogens with zero attached hydrogens (tertiary/aromatic N) is 2.